The topological polar surface area (TPSA) is 29.1 Å². The van der Waals surface area contributed by atoms with Gasteiger partial charge in [0.05, 0.1) is 0 Å². The van der Waals surface area contributed by atoms with Gasteiger partial charge in [-0.25, -0.2) is 0 Å². The molecule has 0 aliphatic carbocycles. The predicted molar refractivity (Wildman–Crippen MR) is 42.6 cm³/mol. The summed E-state index contributed by atoms with van der Waals surface area (Å²) in [6.07, 6.45) is 6.40. The van der Waals surface area contributed by atoms with Gasteiger partial charge < -0.3 is 5.32 Å². The van der Waals surface area contributed by atoms with E-state index in [1.165, 1.54) is 12.2 Å². The molecule has 0 aromatic carbocycles. The van der Waals surface area contributed by atoms with Gasteiger partial charge in [0, 0.05) is 18.8 Å². The second-order valence-corrected chi connectivity index (χ2v) is 1.79. The number of allylic oxidation sites excluding steroid dienone is 3. The Morgan fingerprint density at radius 1 is 1.50 bits per heavy atom. The Bertz CT molecular complexity index is 147. The predicted octanol–water partition coefficient (Wildman–Crippen LogP) is 1.25. The zero-order valence-corrected chi connectivity index (χ0v) is 6.42. The summed E-state index contributed by atoms with van der Waals surface area (Å²) in [6.45, 7) is 4.64. The molecule has 0 fully saturated rings. The highest BCUT2D eigenvalue weighted by Crippen LogP contribution is 1.77. The second-order valence-electron chi connectivity index (χ2n) is 1.79. The summed E-state index contributed by atoms with van der Waals surface area (Å²) in [6, 6.07) is 0. The van der Waals surface area contributed by atoms with Crippen LogP contribution in [0, 0.1) is 0 Å². The van der Waals surface area contributed by atoms with Crippen LogP contribution in [-0.2, 0) is 4.79 Å². The highest BCUT2D eigenvalue weighted by Gasteiger charge is 1.83. The first-order valence-electron chi connectivity index (χ1n) is 3.37. The summed E-state index contributed by atoms with van der Waals surface area (Å²) in [7, 11) is 0. The molecule has 0 bridgehead atoms. The fourth-order valence-corrected chi connectivity index (χ4v) is 0.479. The molecule has 10 heavy (non-hydrogen) atoms. The van der Waals surface area contributed by atoms with Crippen LogP contribution in [0.4, 0.5) is 0 Å². The number of hydrogen-bond acceptors (Lipinski definition) is 2. The first-order valence-corrected chi connectivity index (χ1v) is 3.37. The normalized spacial score (nSPS) is 11.0. The summed E-state index contributed by atoms with van der Waals surface area (Å²) in [5.74, 6) is 0.0171. The third kappa shape index (κ3) is 5.09. The van der Waals surface area contributed by atoms with Gasteiger partial charge in [-0.2, -0.15) is 0 Å². The Balaban J connectivity index is 3.56. The molecule has 0 saturated carbocycles. The van der Waals surface area contributed by atoms with Crippen molar-refractivity contribution in [2.45, 2.75) is 13.8 Å². The van der Waals surface area contributed by atoms with Crippen molar-refractivity contribution in [2.24, 2.45) is 0 Å². The van der Waals surface area contributed by atoms with E-state index >= 15 is 0 Å². The maximum absolute atomic E-state index is 10.7. The van der Waals surface area contributed by atoms with Crippen LogP contribution >= 0.6 is 0 Å². The molecule has 0 aromatic rings. The van der Waals surface area contributed by atoms with E-state index in [0.717, 1.165) is 6.54 Å². The molecular formula is C8H13NO. The molecule has 56 valence electrons. The molecule has 0 saturated heterocycles. The molecule has 0 unspecified atom stereocenters. The van der Waals surface area contributed by atoms with E-state index in [4.69, 9.17) is 0 Å². The fraction of sp³-hybridized carbons (Fsp3) is 0.375. The monoisotopic (exact) mass is 139 g/mol. The lowest BCUT2D eigenvalue weighted by Crippen LogP contribution is -2.02. The van der Waals surface area contributed by atoms with E-state index in [1.54, 1.807) is 12.3 Å². The maximum Gasteiger partial charge on any atom is 0.179 e. The Hall–Kier alpha value is -1.05. The van der Waals surface area contributed by atoms with Crippen molar-refractivity contribution in [1.29, 1.82) is 0 Å². The second kappa shape index (κ2) is 6.08. The average molecular weight is 139 g/mol. The minimum Gasteiger partial charge on any atom is -0.391 e. The quantitative estimate of drug-likeness (QED) is 0.594. The minimum atomic E-state index is 0.0171. The van der Waals surface area contributed by atoms with Gasteiger partial charge in [-0.05, 0) is 19.9 Å². The molecular weight excluding hydrogens is 126 g/mol. The highest BCUT2D eigenvalue weighted by molar-refractivity contribution is 5.98. The molecule has 0 spiro atoms. The Labute approximate surface area is 61.6 Å². The molecule has 0 rings (SSSR count). The van der Waals surface area contributed by atoms with Gasteiger partial charge in [0.2, 0.25) is 0 Å². The summed E-state index contributed by atoms with van der Waals surface area (Å²) in [5, 5.41) is 2.90. The highest BCUT2D eigenvalue weighted by atomic mass is 16.1. The molecule has 1 N–H and O–H groups in total. The third-order valence-electron chi connectivity index (χ3n) is 0.901. The molecule has 2 nitrogen and oxygen atoms in total. The molecule has 2 heteroatoms. The lowest BCUT2D eigenvalue weighted by Gasteiger charge is -1.88. The molecule has 0 heterocycles. The first kappa shape index (κ1) is 8.95. The van der Waals surface area contributed by atoms with Crippen LogP contribution in [0.15, 0.2) is 24.4 Å². The van der Waals surface area contributed by atoms with Crippen LogP contribution in [0.1, 0.15) is 13.8 Å². The van der Waals surface area contributed by atoms with Crippen LogP contribution in [0.2, 0.25) is 0 Å². The molecule has 0 atom stereocenters. The van der Waals surface area contributed by atoms with Crippen molar-refractivity contribution in [3.63, 3.8) is 0 Å². The number of rotatable bonds is 4. The van der Waals surface area contributed by atoms with E-state index in [9.17, 15) is 4.79 Å². The van der Waals surface area contributed by atoms with Crippen LogP contribution in [0.5, 0.6) is 0 Å². The van der Waals surface area contributed by atoms with Crippen molar-refractivity contribution in [3.8, 4) is 0 Å². The van der Waals surface area contributed by atoms with E-state index < -0.39 is 0 Å². The first-order chi connectivity index (χ1) is 4.81. The fourth-order valence-electron chi connectivity index (χ4n) is 0.479. The molecule has 0 radical (unpaired) electrons. The van der Waals surface area contributed by atoms with Crippen LogP contribution < -0.4 is 5.32 Å². The number of nitrogens with one attached hydrogen (secondary N) is 1. The van der Waals surface area contributed by atoms with Crippen molar-refractivity contribution < 1.29 is 4.79 Å². The standard InChI is InChI=1S/C8H13NO/c1-3-5-8(10)6-7-9-4-2/h3,5-7,9H,4H2,1-2H3/b5-3-,7-6-. The lowest BCUT2D eigenvalue weighted by molar-refractivity contribution is -0.110. The number of carbonyl (C=O) groups is 1. The Kier molecular flexibility index (Phi) is 5.44. The molecule has 0 aliphatic heterocycles. The van der Waals surface area contributed by atoms with Gasteiger partial charge in [-0.1, -0.05) is 6.08 Å². The number of ketones is 1. The summed E-state index contributed by atoms with van der Waals surface area (Å²) in [4.78, 5) is 10.7. The van der Waals surface area contributed by atoms with Crippen LogP contribution in [0.3, 0.4) is 0 Å². The molecule has 0 aliphatic rings. The zero-order valence-electron chi connectivity index (χ0n) is 6.42. The van der Waals surface area contributed by atoms with Crippen LogP contribution in [-0.4, -0.2) is 12.3 Å². The lowest BCUT2D eigenvalue weighted by atomic mass is 10.3. The van der Waals surface area contributed by atoms with Gasteiger partial charge in [0.1, 0.15) is 0 Å². The van der Waals surface area contributed by atoms with Gasteiger partial charge in [0.25, 0.3) is 0 Å². The maximum atomic E-state index is 10.7. The third-order valence-corrected chi connectivity index (χ3v) is 0.901. The largest absolute Gasteiger partial charge is 0.391 e. The Morgan fingerprint density at radius 2 is 2.20 bits per heavy atom. The zero-order chi connectivity index (χ0) is 7.82. The number of hydrogen-bond donors (Lipinski definition) is 1. The summed E-state index contributed by atoms with van der Waals surface area (Å²) < 4.78 is 0. The van der Waals surface area contributed by atoms with Gasteiger partial charge in [0.15, 0.2) is 5.78 Å². The minimum absolute atomic E-state index is 0.0171. The summed E-state index contributed by atoms with van der Waals surface area (Å²) in [5.41, 5.74) is 0. The van der Waals surface area contributed by atoms with E-state index in [2.05, 4.69) is 5.32 Å². The van der Waals surface area contributed by atoms with Crippen molar-refractivity contribution in [3.05, 3.63) is 24.4 Å². The van der Waals surface area contributed by atoms with Gasteiger partial charge in [-0.15, -0.1) is 0 Å². The Morgan fingerprint density at radius 3 is 2.70 bits per heavy atom. The summed E-state index contributed by atoms with van der Waals surface area (Å²) >= 11 is 0. The van der Waals surface area contributed by atoms with Gasteiger partial charge in [-0.3, -0.25) is 4.79 Å². The van der Waals surface area contributed by atoms with E-state index in [0.29, 0.717) is 0 Å². The van der Waals surface area contributed by atoms with Crippen molar-refractivity contribution >= 4 is 5.78 Å². The number of carbonyl (C=O) groups excluding carboxylic acids is 1. The van der Waals surface area contributed by atoms with E-state index in [-0.39, 0.29) is 5.78 Å². The molecule has 0 aromatic heterocycles. The SMILES string of the molecule is C/C=C\C(=O)/C=C\NCC. The van der Waals surface area contributed by atoms with Crippen molar-refractivity contribution in [1.82, 2.24) is 5.32 Å². The smallest absolute Gasteiger partial charge is 0.179 e. The van der Waals surface area contributed by atoms with Crippen molar-refractivity contribution in [2.75, 3.05) is 6.54 Å². The molecule has 0 amide bonds. The van der Waals surface area contributed by atoms with Crippen LogP contribution in [0.25, 0.3) is 0 Å². The average Bonchev–Trinajstić information content (AvgIpc) is 1.89. The van der Waals surface area contributed by atoms with E-state index in [1.807, 2.05) is 13.8 Å². The van der Waals surface area contributed by atoms with Gasteiger partial charge >= 0.3 is 0 Å².